The molecular weight excluding hydrogens is 198 g/mol. The monoisotopic (exact) mass is 217 g/mol. The molecule has 0 saturated heterocycles. The number of methoxy groups -OCH3 is 1. The fraction of sp³-hybridized carbons (Fsp3) is 0.429. The van der Waals surface area contributed by atoms with Gasteiger partial charge < -0.3 is 9.30 Å². The maximum Gasteiger partial charge on any atom is 0.128 e. The third-order valence-electron chi connectivity index (χ3n) is 3.03. The highest BCUT2D eigenvalue weighted by atomic mass is 16.5. The van der Waals surface area contributed by atoms with Crippen molar-refractivity contribution < 1.29 is 4.74 Å². The molecule has 1 aromatic carbocycles. The molecule has 2 heteroatoms. The predicted molar refractivity (Wildman–Crippen MR) is 68.2 cm³/mol. The molecule has 86 valence electrons. The summed E-state index contributed by atoms with van der Waals surface area (Å²) in [4.78, 5) is 0. The molecule has 0 atom stereocenters. The van der Waals surface area contributed by atoms with E-state index in [1.54, 1.807) is 7.11 Å². The first kappa shape index (κ1) is 11.1. The minimum atomic E-state index is 0.994. The van der Waals surface area contributed by atoms with Crippen molar-refractivity contribution in [2.45, 2.75) is 33.2 Å². The van der Waals surface area contributed by atoms with Crippen LogP contribution in [0.3, 0.4) is 0 Å². The summed E-state index contributed by atoms with van der Waals surface area (Å²) in [5, 5.41) is 1.29. The van der Waals surface area contributed by atoms with Gasteiger partial charge in [-0.3, -0.25) is 0 Å². The van der Waals surface area contributed by atoms with E-state index in [9.17, 15) is 0 Å². The number of aryl methyl sites for hydroxylation is 2. The van der Waals surface area contributed by atoms with Crippen LogP contribution in [0, 0.1) is 0 Å². The van der Waals surface area contributed by atoms with Crippen LogP contribution in [0.1, 0.15) is 25.8 Å². The maximum atomic E-state index is 5.46. The van der Waals surface area contributed by atoms with Gasteiger partial charge in [0, 0.05) is 18.1 Å². The summed E-state index contributed by atoms with van der Waals surface area (Å²) in [6.45, 7) is 5.40. The molecule has 0 bridgehead atoms. The molecule has 0 amide bonds. The van der Waals surface area contributed by atoms with Gasteiger partial charge in [0.15, 0.2) is 0 Å². The SMILES string of the molecule is CCCc1cn(CC)c2cccc(OC)c12. The Morgan fingerprint density at radius 1 is 1.25 bits per heavy atom. The Kier molecular flexibility index (Phi) is 3.18. The Morgan fingerprint density at radius 3 is 2.69 bits per heavy atom. The third-order valence-corrected chi connectivity index (χ3v) is 3.03. The second kappa shape index (κ2) is 4.60. The van der Waals surface area contributed by atoms with Gasteiger partial charge in [-0.1, -0.05) is 19.4 Å². The van der Waals surface area contributed by atoms with Gasteiger partial charge in [-0.25, -0.2) is 0 Å². The van der Waals surface area contributed by atoms with Crippen LogP contribution >= 0.6 is 0 Å². The van der Waals surface area contributed by atoms with E-state index in [4.69, 9.17) is 4.74 Å². The second-order valence-electron chi connectivity index (χ2n) is 4.04. The van der Waals surface area contributed by atoms with E-state index in [1.165, 1.54) is 22.9 Å². The van der Waals surface area contributed by atoms with Crippen LogP contribution in [0.25, 0.3) is 10.9 Å². The predicted octanol–water partition coefficient (Wildman–Crippen LogP) is 3.62. The number of hydrogen-bond donors (Lipinski definition) is 0. The lowest BCUT2D eigenvalue weighted by Gasteiger charge is -2.04. The molecule has 0 saturated carbocycles. The molecule has 0 unspecified atom stereocenters. The summed E-state index contributed by atoms with van der Waals surface area (Å²) in [6.07, 6.45) is 4.54. The lowest BCUT2D eigenvalue weighted by Crippen LogP contribution is -1.90. The molecule has 16 heavy (non-hydrogen) atoms. The maximum absolute atomic E-state index is 5.46. The van der Waals surface area contributed by atoms with Gasteiger partial charge in [0.25, 0.3) is 0 Å². The van der Waals surface area contributed by atoms with Crippen molar-refractivity contribution in [3.05, 3.63) is 30.0 Å². The lowest BCUT2D eigenvalue weighted by molar-refractivity contribution is 0.419. The molecule has 2 aromatic rings. The Labute approximate surface area is 96.8 Å². The smallest absolute Gasteiger partial charge is 0.128 e. The van der Waals surface area contributed by atoms with Crippen LogP contribution in [0.15, 0.2) is 24.4 Å². The molecule has 1 aromatic heterocycles. The van der Waals surface area contributed by atoms with Crippen LogP contribution in [0.4, 0.5) is 0 Å². The number of fused-ring (bicyclic) bond motifs is 1. The van der Waals surface area contributed by atoms with Crippen molar-refractivity contribution in [1.29, 1.82) is 0 Å². The average Bonchev–Trinajstić information content (AvgIpc) is 2.68. The van der Waals surface area contributed by atoms with Crippen molar-refractivity contribution in [3.63, 3.8) is 0 Å². The minimum absolute atomic E-state index is 0.994. The normalized spacial score (nSPS) is 10.9. The van der Waals surface area contributed by atoms with Crippen molar-refractivity contribution in [3.8, 4) is 5.75 Å². The van der Waals surface area contributed by atoms with Crippen molar-refractivity contribution in [2.24, 2.45) is 0 Å². The second-order valence-corrected chi connectivity index (χ2v) is 4.04. The zero-order valence-corrected chi connectivity index (χ0v) is 10.3. The summed E-state index contributed by atoms with van der Waals surface area (Å²) in [5.74, 6) is 0.994. The molecule has 1 heterocycles. The van der Waals surface area contributed by atoms with E-state index in [-0.39, 0.29) is 0 Å². The number of aromatic nitrogens is 1. The summed E-state index contributed by atoms with van der Waals surface area (Å²) >= 11 is 0. The topological polar surface area (TPSA) is 14.2 Å². The molecule has 0 aliphatic heterocycles. The van der Waals surface area contributed by atoms with Crippen molar-refractivity contribution >= 4 is 10.9 Å². The van der Waals surface area contributed by atoms with E-state index in [0.717, 1.165) is 18.7 Å². The number of rotatable bonds is 4. The van der Waals surface area contributed by atoms with Crippen LogP contribution in [0.5, 0.6) is 5.75 Å². The highest BCUT2D eigenvalue weighted by Gasteiger charge is 2.11. The lowest BCUT2D eigenvalue weighted by atomic mass is 10.1. The third kappa shape index (κ3) is 1.69. The zero-order chi connectivity index (χ0) is 11.5. The van der Waals surface area contributed by atoms with Gasteiger partial charge in [0.1, 0.15) is 5.75 Å². The number of ether oxygens (including phenoxy) is 1. The Hall–Kier alpha value is -1.44. The highest BCUT2D eigenvalue weighted by molar-refractivity contribution is 5.90. The van der Waals surface area contributed by atoms with Crippen molar-refractivity contribution in [1.82, 2.24) is 4.57 Å². The van der Waals surface area contributed by atoms with Gasteiger partial charge in [-0.05, 0) is 31.0 Å². The van der Waals surface area contributed by atoms with Crippen molar-refractivity contribution in [2.75, 3.05) is 7.11 Å². The summed E-state index contributed by atoms with van der Waals surface area (Å²) < 4.78 is 7.75. The van der Waals surface area contributed by atoms with Gasteiger partial charge in [-0.2, -0.15) is 0 Å². The minimum Gasteiger partial charge on any atom is -0.496 e. The van der Waals surface area contributed by atoms with Gasteiger partial charge >= 0.3 is 0 Å². The Bertz CT molecular complexity index is 485. The summed E-state index contributed by atoms with van der Waals surface area (Å²) in [5.41, 5.74) is 2.68. The molecule has 0 spiro atoms. The van der Waals surface area contributed by atoms with E-state index in [1.807, 2.05) is 6.07 Å². The molecule has 0 N–H and O–H groups in total. The standard InChI is InChI=1S/C14H19NO/c1-4-7-11-10-15(5-2)12-8-6-9-13(16-3)14(11)12/h6,8-10H,4-5,7H2,1-3H3. The number of benzene rings is 1. The molecule has 0 radical (unpaired) electrons. The largest absolute Gasteiger partial charge is 0.496 e. The molecule has 0 fully saturated rings. The summed E-state index contributed by atoms with van der Waals surface area (Å²) in [6, 6.07) is 6.27. The Balaban J connectivity index is 2.69. The van der Waals surface area contributed by atoms with Gasteiger partial charge in [0.2, 0.25) is 0 Å². The van der Waals surface area contributed by atoms with Crippen LogP contribution in [-0.2, 0) is 13.0 Å². The first-order valence-electron chi connectivity index (χ1n) is 5.96. The summed E-state index contributed by atoms with van der Waals surface area (Å²) in [7, 11) is 1.74. The van der Waals surface area contributed by atoms with E-state index in [0.29, 0.717) is 0 Å². The van der Waals surface area contributed by atoms with Gasteiger partial charge in [-0.15, -0.1) is 0 Å². The van der Waals surface area contributed by atoms with E-state index in [2.05, 4.69) is 36.7 Å². The zero-order valence-electron chi connectivity index (χ0n) is 10.3. The fourth-order valence-corrected chi connectivity index (χ4v) is 2.29. The van der Waals surface area contributed by atoms with Crippen LogP contribution < -0.4 is 4.74 Å². The average molecular weight is 217 g/mol. The molecule has 2 nitrogen and oxygen atoms in total. The van der Waals surface area contributed by atoms with E-state index >= 15 is 0 Å². The fourth-order valence-electron chi connectivity index (χ4n) is 2.29. The van der Waals surface area contributed by atoms with E-state index < -0.39 is 0 Å². The molecule has 2 rings (SSSR count). The first-order chi connectivity index (χ1) is 7.81. The first-order valence-corrected chi connectivity index (χ1v) is 5.96. The molecular formula is C14H19NO. The van der Waals surface area contributed by atoms with Crippen LogP contribution in [0.2, 0.25) is 0 Å². The quantitative estimate of drug-likeness (QED) is 0.763. The van der Waals surface area contributed by atoms with Gasteiger partial charge in [0.05, 0.1) is 12.6 Å². The Morgan fingerprint density at radius 2 is 2.06 bits per heavy atom. The molecule has 0 aliphatic carbocycles. The highest BCUT2D eigenvalue weighted by Crippen LogP contribution is 2.31. The number of hydrogen-bond acceptors (Lipinski definition) is 1. The number of nitrogens with zero attached hydrogens (tertiary/aromatic N) is 1. The molecule has 0 aliphatic rings. The van der Waals surface area contributed by atoms with Crippen LogP contribution in [-0.4, -0.2) is 11.7 Å².